The molecule has 0 aliphatic carbocycles. The molecule has 4 rings (SSSR count). The van der Waals surface area contributed by atoms with E-state index in [1.807, 2.05) is 0 Å². The van der Waals surface area contributed by atoms with Crippen molar-refractivity contribution in [1.29, 1.82) is 0 Å². The van der Waals surface area contributed by atoms with Crippen molar-refractivity contribution >= 4 is 40.7 Å². The van der Waals surface area contributed by atoms with Crippen LogP contribution in [0.25, 0.3) is 0 Å². The molecule has 9 heteroatoms. The van der Waals surface area contributed by atoms with Gasteiger partial charge in [-0.1, -0.05) is 23.2 Å². The minimum atomic E-state index is -0.910. The summed E-state index contributed by atoms with van der Waals surface area (Å²) >= 11 is 12.1. The molecule has 0 spiro atoms. The highest BCUT2D eigenvalue weighted by molar-refractivity contribution is 6.35. The van der Waals surface area contributed by atoms with Crippen molar-refractivity contribution < 1.29 is 18.7 Å². The fraction of sp³-hybridized carbons (Fsp3) is 0.208. The summed E-state index contributed by atoms with van der Waals surface area (Å²) in [6.45, 7) is 2.19. The monoisotopic (exact) mass is 487 g/mol. The van der Waals surface area contributed by atoms with Crippen LogP contribution in [0, 0.1) is 11.2 Å². The molecule has 1 unspecified atom stereocenters. The van der Waals surface area contributed by atoms with E-state index in [9.17, 15) is 14.0 Å². The van der Waals surface area contributed by atoms with Crippen molar-refractivity contribution in [3.63, 3.8) is 0 Å². The molecule has 0 bridgehead atoms. The van der Waals surface area contributed by atoms with Gasteiger partial charge in [-0.15, -0.1) is 0 Å². The Balaban J connectivity index is 1.40. The van der Waals surface area contributed by atoms with Crippen LogP contribution in [0.2, 0.25) is 10.0 Å². The van der Waals surface area contributed by atoms with Gasteiger partial charge in [0.05, 0.1) is 5.41 Å². The lowest BCUT2D eigenvalue weighted by atomic mass is 9.88. The molecule has 33 heavy (non-hydrogen) atoms. The number of hydrogen-bond acceptors (Lipinski definition) is 4. The molecule has 3 aromatic rings. The fourth-order valence-corrected chi connectivity index (χ4v) is 4.15. The number of rotatable bonds is 6. The molecule has 1 aromatic heterocycles. The van der Waals surface area contributed by atoms with E-state index in [-0.39, 0.29) is 37.1 Å². The van der Waals surface area contributed by atoms with Gasteiger partial charge >= 0.3 is 0 Å². The quantitative estimate of drug-likeness (QED) is 0.506. The second-order valence-corrected chi connectivity index (χ2v) is 8.96. The zero-order chi connectivity index (χ0) is 23.6. The maximum Gasteiger partial charge on any atom is 0.228 e. The summed E-state index contributed by atoms with van der Waals surface area (Å²) in [5.74, 6) is -0.0141. The van der Waals surface area contributed by atoms with E-state index in [2.05, 4.69) is 10.3 Å². The van der Waals surface area contributed by atoms with Crippen molar-refractivity contribution in [3.05, 3.63) is 82.2 Å². The van der Waals surface area contributed by atoms with E-state index >= 15 is 0 Å². The highest BCUT2D eigenvalue weighted by Crippen LogP contribution is 2.36. The summed E-state index contributed by atoms with van der Waals surface area (Å²) in [5.41, 5.74) is 0.416. The standard InChI is InChI=1S/C24H20Cl2FN3O3/c1-24(12-22(31)30(14-24)19-10-16(25)9-17(26)11-19)23(32)29-13-15-6-7-28-21(8-15)33-20-4-2-18(27)3-5-20/h2-11H,12-14H2,1H3,(H,29,32). The Bertz CT molecular complexity index is 1190. The molecule has 170 valence electrons. The van der Waals surface area contributed by atoms with E-state index in [0.29, 0.717) is 27.4 Å². The molecule has 2 aromatic carbocycles. The first-order valence-corrected chi connectivity index (χ1v) is 10.9. The molecular formula is C24H20Cl2FN3O3. The number of benzene rings is 2. The second-order valence-electron chi connectivity index (χ2n) is 8.09. The van der Waals surface area contributed by atoms with Gasteiger partial charge < -0.3 is 15.0 Å². The van der Waals surface area contributed by atoms with Crippen LogP contribution in [0.4, 0.5) is 10.1 Å². The number of carbonyl (C=O) groups excluding carboxylic acids is 2. The average Bonchev–Trinajstić information content (AvgIpc) is 3.09. The van der Waals surface area contributed by atoms with Gasteiger partial charge in [-0.2, -0.15) is 0 Å². The van der Waals surface area contributed by atoms with Crippen LogP contribution in [0.15, 0.2) is 60.8 Å². The average molecular weight is 488 g/mol. The lowest BCUT2D eigenvalue weighted by Gasteiger charge is -2.23. The summed E-state index contributed by atoms with van der Waals surface area (Å²) in [4.78, 5) is 31.3. The highest BCUT2D eigenvalue weighted by atomic mass is 35.5. The fourth-order valence-electron chi connectivity index (χ4n) is 3.64. The van der Waals surface area contributed by atoms with E-state index in [0.717, 1.165) is 5.56 Å². The predicted octanol–water partition coefficient (Wildman–Crippen LogP) is 5.38. The molecule has 1 aliphatic heterocycles. The smallest absolute Gasteiger partial charge is 0.228 e. The van der Waals surface area contributed by atoms with Crippen LogP contribution in [0.1, 0.15) is 18.9 Å². The van der Waals surface area contributed by atoms with Gasteiger partial charge in [-0.05, 0) is 61.0 Å². The van der Waals surface area contributed by atoms with Gasteiger partial charge in [0, 0.05) is 47.5 Å². The summed E-state index contributed by atoms with van der Waals surface area (Å²) in [6.07, 6.45) is 1.63. The largest absolute Gasteiger partial charge is 0.439 e. The summed E-state index contributed by atoms with van der Waals surface area (Å²) < 4.78 is 18.7. The molecule has 1 atom stereocenters. The van der Waals surface area contributed by atoms with Crippen molar-refractivity contribution in [3.8, 4) is 11.6 Å². The third kappa shape index (κ3) is 5.43. The predicted molar refractivity (Wildman–Crippen MR) is 124 cm³/mol. The van der Waals surface area contributed by atoms with Gasteiger partial charge in [-0.3, -0.25) is 9.59 Å². The molecule has 1 fully saturated rings. The number of amides is 2. The van der Waals surface area contributed by atoms with Crippen LogP contribution in [-0.4, -0.2) is 23.3 Å². The van der Waals surface area contributed by atoms with Gasteiger partial charge in [0.15, 0.2) is 0 Å². The molecule has 1 N–H and O–H groups in total. The number of hydrogen-bond donors (Lipinski definition) is 1. The highest BCUT2D eigenvalue weighted by Gasteiger charge is 2.45. The zero-order valence-electron chi connectivity index (χ0n) is 17.6. The molecule has 2 heterocycles. The van der Waals surface area contributed by atoms with Crippen molar-refractivity contribution in [2.24, 2.45) is 5.41 Å². The van der Waals surface area contributed by atoms with Crippen LogP contribution in [0.5, 0.6) is 11.6 Å². The van der Waals surface area contributed by atoms with Crippen LogP contribution < -0.4 is 15.0 Å². The van der Waals surface area contributed by atoms with E-state index in [1.54, 1.807) is 43.5 Å². The molecule has 6 nitrogen and oxygen atoms in total. The van der Waals surface area contributed by atoms with Gasteiger partial charge in [0.2, 0.25) is 17.7 Å². The Kier molecular flexibility index (Phi) is 6.54. The number of anilines is 1. The summed E-state index contributed by atoms with van der Waals surface area (Å²) in [5, 5.41) is 3.73. The number of ether oxygens (including phenoxy) is 1. The number of halogens is 3. The Hall–Kier alpha value is -3.16. The first-order chi connectivity index (χ1) is 15.7. The Morgan fingerprint density at radius 1 is 1.15 bits per heavy atom. The topological polar surface area (TPSA) is 71.5 Å². The number of nitrogens with one attached hydrogen (secondary N) is 1. The van der Waals surface area contributed by atoms with Crippen LogP contribution in [0.3, 0.4) is 0 Å². The second kappa shape index (κ2) is 9.37. The lowest BCUT2D eigenvalue weighted by molar-refractivity contribution is -0.131. The Morgan fingerprint density at radius 3 is 2.55 bits per heavy atom. The van der Waals surface area contributed by atoms with Crippen LogP contribution >= 0.6 is 23.2 Å². The number of nitrogens with zero attached hydrogens (tertiary/aromatic N) is 2. The third-order valence-corrected chi connectivity index (χ3v) is 5.78. The van der Waals surface area contributed by atoms with E-state index in [4.69, 9.17) is 27.9 Å². The minimum Gasteiger partial charge on any atom is -0.439 e. The maximum absolute atomic E-state index is 13.1. The molecule has 0 saturated carbocycles. The molecule has 1 aliphatic rings. The minimum absolute atomic E-state index is 0.0677. The van der Waals surface area contributed by atoms with Crippen molar-refractivity contribution in [2.75, 3.05) is 11.4 Å². The summed E-state index contributed by atoms with van der Waals surface area (Å²) in [6, 6.07) is 13.9. The maximum atomic E-state index is 13.1. The SMILES string of the molecule is CC1(C(=O)NCc2ccnc(Oc3ccc(F)cc3)c2)CC(=O)N(c2cc(Cl)cc(Cl)c2)C1. The first-order valence-electron chi connectivity index (χ1n) is 10.1. The lowest BCUT2D eigenvalue weighted by Crippen LogP contribution is -2.40. The number of carbonyl (C=O) groups is 2. The number of pyridine rings is 1. The zero-order valence-corrected chi connectivity index (χ0v) is 19.2. The normalized spacial score (nSPS) is 17.8. The Morgan fingerprint density at radius 2 is 1.85 bits per heavy atom. The van der Waals surface area contributed by atoms with E-state index in [1.165, 1.54) is 29.2 Å². The van der Waals surface area contributed by atoms with Crippen LogP contribution in [-0.2, 0) is 16.1 Å². The summed E-state index contributed by atoms with van der Waals surface area (Å²) in [7, 11) is 0. The van der Waals surface area contributed by atoms with Gasteiger partial charge in [0.25, 0.3) is 0 Å². The Labute approximate surface area is 200 Å². The van der Waals surface area contributed by atoms with Crippen molar-refractivity contribution in [1.82, 2.24) is 10.3 Å². The van der Waals surface area contributed by atoms with E-state index < -0.39 is 5.41 Å². The van der Waals surface area contributed by atoms with Gasteiger partial charge in [-0.25, -0.2) is 9.37 Å². The molecule has 0 radical (unpaired) electrons. The molecule has 2 amide bonds. The first kappa shape index (κ1) is 23.0. The third-order valence-electron chi connectivity index (χ3n) is 5.35. The van der Waals surface area contributed by atoms with Crippen molar-refractivity contribution in [2.45, 2.75) is 19.9 Å². The van der Waals surface area contributed by atoms with Gasteiger partial charge in [0.1, 0.15) is 11.6 Å². The molecule has 1 saturated heterocycles. The number of aromatic nitrogens is 1. The molecular weight excluding hydrogens is 468 g/mol.